The summed E-state index contributed by atoms with van der Waals surface area (Å²) < 4.78 is 0.596. The summed E-state index contributed by atoms with van der Waals surface area (Å²) in [4.78, 5) is 15.1. The second kappa shape index (κ2) is 3.21. The number of nitrogens with one attached hydrogen (secondary N) is 1. The van der Waals surface area contributed by atoms with Crippen LogP contribution in [0.25, 0.3) is 0 Å². The molecule has 11 heavy (non-hydrogen) atoms. The molecule has 5 nitrogen and oxygen atoms in total. The molecular formula is C5H7BrN2O3. The van der Waals surface area contributed by atoms with Crippen molar-refractivity contribution in [2.24, 2.45) is 5.73 Å². The maximum absolute atomic E-state index is 10.3. The van der Waals surface area contributed by atoms with Gasteiger partial charge in [0, 0.05) is 0 Å². The smallest absolute Gasteiger partial charge is 0.323 e. The average Bonchev–Trinajstić information content (AvgIpc) is 2.34. The molecule has 0 saturated heterocycles. The molecule has 0 unspecified atom stereocenters. The Morgan fingerprint density at radius 1 is 2.00 bits per heavy atom. The molecule has 2 atom stereocenters. The molecule has 0 aromatic carbocycles. The third-order valence-electron chi connectivity index (χ3n) is 1.24. The van der Waals surface area contributed by atoms with Crippen LogP contribution in [0.2, 0.25) is 0 Å². The zero-order valence-electron chi connectivity index (χ0n) is 5.45. The highest BCUT2D eigenvalue weighted by Gasteiger charge is 2.27. The minimum Gasteiger partial charge on any atom is -0.480 e. The number of carboxylic acids is 1. The van der Waals surface area contributed by atoms with Crippen LogP contribution in [0.4, 0.5) is 0 Å². The summed E-state index contributed by atoms with van der Waals surface area (Å²) in [5.41, 5.74) is 7.69. The van der Waals surface area contributed by atoms with E-state index in [2.05, 4.69) is 21.4 Å². The quantitative estimate of drug-likeness (QED) is 0.551. The molecular weight excluding hydrogens is 216 g/mol. The van der Waals surface area contributed by atoms with Gasteiger partial charge in [0.15, 0.2) is 0 Å². The highest BCUT2D eigenvalue weighted by molar-refractivity contribution is 9.11. The first-order chi connectivity index (χ1) is 5.11. The number of carbonyl (C=O) groups is 1. The van der Waals surface area contributed by atoms with Crippen molar-refractivity contribution < 1.29 is 14.7 Å². The van der Waals surface area contributed by atoms with Crippen LogP contribution in [-0.2, 0) is 9.63 Å². The molecule has 0 saturated carbocycles. The summed E-state index contributed by atoms with van der Waals surface area (Å²) in [7, 11) is 0. The van der Waals surface area contributed by atoms with Crippen LogP contribution in [0.5, 0.6) is 0 Å². The number of aliphatic carboxylic acids is 1. The first-order valence-electron chi connectivity index (χ1n) is 2.88. The predicted octanol–water partition coefficient (Wildman–Crippen LogP) is -0.462. The van der Waals surface area contributed by atoms with Crippen molar-refractivity contribution in [1.29, 1.82) is 0 Å². The van der Waals surface area contributed by atoms with Crippen molar-refractivity contribution in [3.8, 4) is 0 Å². The maximum atomic E-state index is 10.3. The van der Waals surface area contributed by atoms with E-state index in [1.165, 1.54) is 0 Å². The molecule has 1 heterocycles. The lowest BCUT2D eigenvalue weighted by molar-refractivity contribution is -0.141. The molecule has 0 aromatic rings. The number of hydrogen-bond donors (Lipinski definition) is 3. The van der Waals surface area contributed by atoms with Crippen molar-refractivity contribution in [3.05, 3.63) is 10.7 Å². The van der Waals surface area contributed by atoms with Gasteiger partial charge in [-0.3, -0.25) is 15.1 Å². The van der Waals surface area contributed by atoms with Gasteiger partial charge < -0.3 is 10.8 Å². The highest BCUT2D eigenvalue weighted by atomic mass is 79.9. The zero-order chi connectivity index (χ0) is 8.43. The van der Waals surface area contributed by atoms with Crippen molar-refractivity contribution in [1.82, 2.24) is 5.48 Å². The molecule has 0 spiro atoms. The second-order valence-electron chi connectivity index (χ2n) is 2.06. The fraction of sp³-hybridized carbons (Fsp3) is 0.400. The zero-order valence-corrected chi connectivity index (χ0v) is 7.04. The third-order valence-corrected chi connectivity index (χ3v) is 1.67. The lowest BCUT2D eigenvalue weighted by Crippen LogP contribution is -2.41. The van der Waals surface area contributed by atoms with E-state index in [-0.39, 0.29) is 0 Å². The van der Waals surface area contributed by atoms with Crippen LogP contribution in [0.1, 0.15) is 0 Å². The van der Waals surface area contributed by atoms with Crippen molar-refractivity contribution in [2.45, 2.75) is 12.1 Å². The fourth-order valence-electron chi connectivity index (χ4n) is 0.654. The van der Waals surface area contributed by atoms with E-state index in [0.717, 1.165) is 0 Å². The van der Waals surface area contributed by atoms with Crippen LogP contribution in [0.15, 0.2) is 10.7 Å². The Hall–Kier alpha value is -0.590. The normalized spacial score (nSPS) is 25.6. The molecule has 1 rings (SSSR count). The highest BCUT2D eigenvalue weighted by Crippen LogP contribution is 2.13. The summed E-state index contributed by atoms with van der Waals surface area (Å²) in [5.74, 6) is -1.09. The summed E-state index contributed by atoms with van der Waals surface area (Å²) in [6, 6.07) is -1.03. The van der Waals surface area contributed by atoms with E-state index in [1.54, 1.807) is 6.08 Å². The minimum absolute atomic E-state index is 0.596. The molecule has 1 aliphatic heterocycles. The third kappa shape index (κ3) is 1.92. The number of hydrogen-bond acceptors (Lipinski definition) is 4. The van der Waals surface area contributed by atoms with Crippen LogP contribution in [-0.4, -0.2) is 23.2 Å². The number of halogens is 1. The summed E-state index contributed by atoms with van der Waals surface area (Å²) in [6.07, 6.45) is 0.945. The first-order valence-corrected chi connectivity index (χ1v) is 3.68. The topological polar surface area (TPSA) is 84.6 Å². The van der Waals surface area contributed by atoms with Gasteiger partial charge in [-0.1, -0.05) is 0 Å². The Morgan fingerprint density at radius 3 is 3.00 bits per heavy atom. The molecule has 0 amide bonds. The first kappa shape index (κ1) is 8.51. The molecule has 0 aliphatic carbocycles. The molecule has 0 radical (unpaired) electrons. The molecule has 0 aromatic heterocycles. The lowest BCUT2D eigenvalue weighted by Gasteiger charge is -2.10. The van der Waals surface area contributed by atoms with E-state index in [0.29, 0.717) is 4.61 Å². The standard InChI is InChI=1S/C5H7BrN2O3/c6-3-1-2(11-8-3)4(7)5(9)10/h1-2,4,8H,7H2,(H,9,10)/t2-,4-/m0/s1. The predicted molar refractivity (Wildman–Crippen MR) is 40.6 cm³/mol. The van der Waals surface area contributed by atoms with Crippen LogP contribution < -0.4 is 11.2 Å². The minimum atomic E-state index is -1.09. The van der Waals surface area contributed by atoms with Crippen LogP contribution in [0.3, 0.4) is 0 Å². The van der Waals surface area contributed by atoms with Crippen molar-refractivity contribution >= 4 is 21.9 Å². The number of hydroxylamine groups is 1. The molecule has 4 N–H and O–H groups in total. The Kier molecular flexibility index (Phi) is 2.48. The Labute approximate surface area is 71.3 Å². The van der Waals surface area contributed by atoms with E-state index >= 15 is 0 Å². The molecule has 0 fully saturated rings. The van der Waals surface area contributed by atoms with Crippen LogP contribution in [0, 0.1) is 0 Å². The molecule has 62 valence electrons. The summed E-state index contributed by atoms with van der Waals surface area (Å²) >= 11 is 3.07. The SMILES string of the molecule is N[C@H](C(=O)O)[C@@H]1C=C(Br)NO1. The van der Waals surface area contributed by atoms with E-state index in [1.807, 2.05) is 0 Å². The second-order valence-corrected chi connectivity index (χ2v) is 2.92. The fourth-order valence-corrected chi connectivity index (χ4v) is 1.01. The number of carboxylic acid groups (broad SMARTS) is 1. The van der Waals surface area contributed by atoms with Gasteiger partial charge in [0.2, 0.25) is 0 Å². The Morgan fingerprint density at radius 2 is 2.64 bits per heavy atom. The van der Waals surface area contributed by atoms with Gasteiger partial charge in [0.25, 0.3) is 0 Å². The number of nitrogens with two attached hydrogens (primary N) is 1. The van der Waals surface area contributed by atoms with Gasteiger partial charge in [-0.05, 0) is 22.0 Å². The summed E-state index contributed by atoms with van der Waals surface area (Å²) in [5, 5.41) is 8.45. The van der Waals surface area contributed by atoms with Gasteiger partial charge in [-0.25, -0.2) is 0 Å². The van der Waals surface area contributed by atoms with E-state index in [4.69, 9.17) is 15.7 Å². The molecule has 6 heteroatoms. The van der Waals surface area contributed by atoms with E-state index < -0.39 is 18.1 Å². The van der Waals surface area contributed by atoms with E-state index in [9.17, 15) is 4.79 Å². The maximum Gasteiger partial charge on any atom is 0.323 e. The van der Waals surface area contributed by atoms with Crippen LogP contribution >= 0.6 is 15.9 Å². The van der Waals surface area contributed by atoms with Crippen molar-refractivity contribution in [2.75, 3.05) is 0 Å². The Bertz CT molecular complexity index is 206. The monoisotopic (exact) mass is 222 g/mol. The van der Waals surface area contributed by atoms with Gasteiger partial charge >= 0.3 is 5.97 Å². The average molecular weight is 223 g/mol. The van der Waals surface area contributed by atoms with Gasteiger partial charge in [-0.15, -0.1) is 0 Å². The number of rotatable bonds is 2. The van der Waals surface area contributed by atoms with Gasteiger partial charge in [0.1, 0.15) is 16.8 Å². The molecule has 0 bridgehead atoms. The van der Waals surface area contributed by atoms with Gasteiger partial charge in [-0.2, -0.15) is 0 Å². The van der Waals surface area contributed by atoms with Crippen molar-refractivity contribution in [3.63, 3.8) is 0 Å². The Balaban J connectivity index is 2.56. The summed E-state index contributed by atoms with van der Waals surface area (Å²) in [6.45, 7) is 0. The molecule has 1 aliphatic rings. The largest absolute Gasteiger partial charge is 0.480 e. The lowest BCUT2D eigenvalue weighted by atomic mass is 10.2. The van der Waals surface area contributed by atoms with Gasteiger partial charge in [0.05, 0.1) is 0 Å².